The average Bonchev–Trinajstić information content (AvgIpc) is 2.85. The van der Waals surface area contributed by atoms with Crippen LogP contribution in [-0.2, 0) is 0 Å². The normalized spacial score (nSPS) is 30.6. The molecule has 0 N–H and O–H groups in total. The van der Waals surface area contributed by atoms with Gasteiger partial charge in [-0.2, -0.15) is 0 Å². The molecule has 2 bridgehead atoms. The molecule has 0 amide bonds. The van der Waals surface area contributed by atoms with Crippen LogP contribution < -0.4 is 0 Å². The Kier molecular flexibility index (Phi) is 3.91. The molecular formula is C23H28N2. The number of piperidine rings is 1. The minimum atomic E-state index is 0.618. The largest absolute Gasteiger partial charge is 0.299 e. The van der Waals surface area contributed by atoms with Crippen LogP contribution in [0.25, 0.3) is 16.3 Å². The molecule has 3 aliphatic rings. The number of rotatable bonds is 2. The molecule has 3 aliphatic heterocycles. The lowest BCUT2D eigenvalue weighted by atomic mass is 9.92. The molecule has 0 aliphatic carbocycles. The first kappa shape index (κ1) is 15.6. The van der Waals surface area contributed by atoms with E-state index >= 15 is 0 Å². The van der Waals surface area contributed by atoms with Crippen LogP contribution in [0.15, 0.2) is 48.5 Å². The van der Waals surface area contributed by atoms with Crippen molar-refractivity contribution in [3.05, 3.63) is 54.1 Å². The summed E-state index contributed by atoms with van der Waals surface area (Å²) in [4.78, 5) is 5.44. The Morgan fingerprint density at radius 1 is 0.880 bits per heavy atom. The van der Waals surface area contributed by atoms with Gasteiger partial charge in [-0.1, -0.05) is 48.9 Å². The predicted octanol–water partition coefficient (Wildman–Crippen LogP) is 4.55. The van der Waals surface area contributed by atoms with Crippen LogP contribution in [0, 0.1) is 0 Å². The lowest BCUT2D eigenvalue weighted by molar-refractivity contribution is 0.128. The average molecular weight is 332 g/mol. The highest BCUT2D eigenvalue weighted by Crippen LogP contribution is 2.40. The number of benzene rings is 2. The highest BCUT2D eigenvalue weighted by atomic mass is 15.3. The van der Waals surface area contributed by atoms with Crippen molar-refractivity contribution >= 4 is 16.3 Å². The fourth-order valence-corrected chi connectivity index (χ4v) is 5.32. The molecule has 0 saturated carbocycles. The van der Waals surface area contributed by atoms with Crippen molar-refractivity contribution in [2.45, 2.75) is 50.2 Å². The van der Waals surface area contributed by atoms with Gasteiger partial charge in [0.2, 0.25) is 0 Å². The van der Waals surface area contributed by atoms with Crippen molar-refractivity contribution in [2.75, 3.05) is 20.1 Å². The summed E-state index contributed by atoms with van der Waals surface area (Å²) in [7, 11) is 2.34. The van der Waals surface area contributed by atoms with Gasteiger partial charge in [-0.25, -0.2) is 0 Å². The van der Waals surface area contributed by atoms with Gasteiger partial charge in [0.15, 0.2) is 0 Å². The topological polar surface area (TPSA) is 6.48 Å². The molecule has 5 rings (SSSR count). The van der Waals surface area contributed by atoms with Gasteiger partial charge in [-0.3, -0.25) is 9.80 Å². The molecule has 2 saturated heterocycles. The molecule has 0 spiro atoms. The van der Waals surface area contributed by atoms with Crippen LogP contribution in [0.4, 0.5) is 0 Å². The van der Waals surface area contributed by atoms with Crippen molar-refractivity contribution in [1.82, 2.24) is 9.80 Å². The van der Waals surface area contributed by atoms with Crippen LogP contribution in [-0.4, -0.2) is 48.1 Å². The molecule has 25 heavy (non-hydrogen) atoms. The molecule has 2 aromatic rings. The Morgan fingerprint density at radius 2 is 1.68 bits per heavy atom. The summed E-state index contributed by atoms with van der Waals surface area (Å²) < 4.78 is 0. The molecule has 3 atom stereocenters. The maximum atomic E-state index is 2.79. The van der Waals surface area contributed by atoms with E-state index in [1.54, 1.807) is 5.57 Å². The maximum absolute atomic E-state index is 2.79. The Balaban J connectivity index is 1.43. The summed E-state index contributed by atoms with van der Waals surface area (Å²) >= 11 is 0. The van der Waals surface area contributed by atoms with Crippen molar-refractivity contribution in [2.24, 2.45) is 0 Å². The molecule has 2 fully saturated rings. The number of fused-ring (bicyclic) bond motifs is 3. The lowest BCUT2D eigenvalue weighted by Crippen LogP contribution is -2.47. The first-order valence-electron chi connectivity index (χ1n) is 9.95. The third-order valence-corrected chi connectivity index (χ3v) is 6.78. The summed E-state index contributed by atoms with van der Waals surface area (Å²) in [6, 6.07) is 17.8. The van der Waals surface area contributed by atoms with Crippen LogP contribution in [0.1, 0.15) is 37.7 Å². The van der Waals surface area contributed by atoms with E-state index in [0.29, 0.717) is 12.1 Å². The molecule has 2 aromatic carbocycles. The zero-order valence-electron chi connectivity index (χ0n) is 15.2. The van der Waals surface area contributed by atoms with Crippen molar-refractivity contribution in [3.63, 3.8) is 0 Å². The Hall–Kier alpha value is -1.64. The molecule has 0 aromatic heterocycles. The maximum Gasteiger partial charge on any atom is 0.0300 e. The molecule has 2 heteroatoms. The van der Waals surface area contributed by atoms with Gasteiger partial charge in [0.25, 0.3) is 0 Å². The van der Waals surface area contributed by atoms with Crippen LogP contribution in [0.2, 0.25) is 0 Å². The summed E-state index contributed by atoms with van der Waals surface area (Å²) in [5.74, 6) is 0. The first-order chi connectivity index (χ1) is 12.3. The quantitative estimate of drug-likeness (QED) is 0.796. The molecular weight excluding hydrogens is 304 g/mol. The van der Waals surface area contributed by atoms with Gasteiger partial charge < -0.3 is 0 Å². The van der Waals surface area contributed by atoms with E-state index in [0.717, 1.165) is 6.04 Å². The second-order valence-corrected chi connectivity index (χ2v) is 8.16. The van der Waals surface area contributed by atoms with Crippen LogP contribution in [0.5, 0.6) is 0 Å². The molecule has 2 nitrogen and oxygen atoms in total. The van der Waals surface area contributed by atoms with Gasteiger partial charge in [-0.05, 0) is 73.8 Å². The monoisotopic (exact) mass is 332 g/mol. The standard InChI is InChI=1S/C23H28N2/c1-24-21-14-20(19-10-9-17-7-3-4-8-18(17)13-19)15-22(24)23(16-21)25-11-5-2-6-12-25/h3-4,7-10,13-14,21-23H,2,5-6,11-12,15-16H2,1H3. The fourth-order valence-electron chi connectivity index (χ4n) is 5.32. The fraction of sp³-hybridized carbons (Fsp3) is 0.478. The summed E-state index contributed by atoms with van der Waals surface area (Å²) in [6.07, 6.45) is 9.29. The number of hydrogen-bond acceptors (Lipinski definition) is 2. The minimum absolute atomic E-state index is 0.618. The third-order valence-electron chi connectivity index (χ3n) is 6.78. The van der Waals surface area contributed by atoms with Gasteiger partial charge in [0, 0.05) is 18.1 Å². The van der Waals surface area contributed by atoms with Gasteiger partial charge in [0.1, 0.15) is 0 Å². The Labute approximate surface area is 151 Å². The smallest absolute Gasteiger partial charge is 0.0300 e. The SMILES string of the molecule is CN1C2C=C(c3ccc4ccccc4c3)CC1C(N1CCCCC1)C2. The van der Waals surface area contributed by atoms with Crippen molar-refractivity contribution < 1.29 is 0 Å². The van der Waals surface area contributed by atoms with Crippen molar-refractivity contribution in [3.8, 4) is 0 Å². The molecule has 0 radical (unpaired) electrons. The van der Waals surface area contributed by atoms with Crippen molar-refractivity contribution in [1.29, 1.82) is 0 Å². The molecule has 130 valence electrons. The summed E-state index contributed by atoms with van der Waals surface area (Å²) in [5, 5.41) is 2.70. The Morgan fingerprint density at radius 3 is 2.52 bits per heavy atom. The van der Waals surface area contributed by atoms with E-state index in [4.69, 9.17) is 0 Å². The predicted molar refractivity (Wildman–Crippen MR) is 106 cm³/mol. The highest BCUT2D eigenvalue weighted by Gasteiger charge is 2.44. The number of nitrogens with zero attached hydrogens (tertiary/aromatic N) is 2. The number of hydrogen-bond donors (Lipinski definition) is 0. The van der Waals surface area contributed by atoms with E-state index in [9.17, 15) is 0 Å². The summed E-state index contributed by atoms with van der Waals surface area (Å²) in [6.45, 7) is 2.63. The van der Waals surface area contributed by atoms with Gasteiger partial charge in [0.05, 0.1) is 0 Å². The third kappa shape index (κ3) is 2.72. The van der Waals surface area contributed by atoms with Gasteiger partial charge in [-0.15, -0.1) is 0 Å². The van der Waals surface area contributed by atoms with Gasteiger partial charge >= 0.3 is 0 Å². The minimum Gasteiger partial charge on any atom is -0.299 e. The highest BCUT2D eigenvalue weighted by molar-refractivity contribution is 5.86. The van der Waals surface area contributed by atoms with E-state index in [1.165, 1.54) is 61.5 Å². The van der Waals surface area contributed by atoms with Crippen LogP contribution in [0.3, 0.4) is 0 Å². The zero-order valence-corrected chi connectivity index (χ0v) is 15.2. The van der Waals surface area contributed by atoms with Crippen LogP contribution >= 0.6 is 0 Å². The first-order valence-corrected chi connectivity index (χ1v) is 9.95. The number of likely N-dealkylation sites (N-methyl/N-ethyl adjacent to an activating group) is 1. The molecule has 3 heterocycles. The zero-order chi connectivity index (χ0) is 16.8. The second kappa shape index (κ2) is 6.26. The second-order valence-electron chi connectivity index (χ2n) is 8.16. The van der Waals surface area contributed by atoms with E-state index in [-0.39, 0.29) is 0 Å². The Bertz CT molecular complexity index is 803. The lowest BCUT2D eigenvalue weighted by Gasteiger charge is -2.38. The van der Waals surface area contributed by atoms with E-state index in [2.05, 4.69) is 65.4 Å². The van der Waals surface area contributed by atoms with E-state index in [1.807, 2.05) is 0 Å². The summed E-state index contributed by atoms with van der Waals surface area (Å²) in [5.41, 5.74) is 3.00. The number of likely N-dealkylation sites (tertiary alicyclic amines) is 1. The molecule has 3 unspecified atom stereocenters. The van der Waals surface area contributed by atoms with E-state index < -0.39 is 0 Å².